The quantitative estimate of drug-likeness (QED) is 0.789. The van der Waals surface area contributed by atoms with Crippen molar-refractivity contribution in [3.63, 3.8) is 0 Å². The van der Waals surface area contributed by atoms with Crippen LogP contribution < -0.4 is 10.6 Å². The van der Waals surface area contributed by atoms with Crippen molar-refractivity contribution in [3.05, 3.63) is 29.8 Å². The highest BCUT2D eigenvalue weighted by molar-refractivity contribution is 5.98. The molecule has 0 saturated heterocycles. The number of nitrogens with zero attached hydrogens (tertiary/aromatic N) is 1. The number of aliphatic hydroxyl groups is 1. The molecule has 0 radical (unpaired) electrons. The van der Waals surface area contributed by atoms with Gasteiger partial charge in [0, 0.05) is 12.2 Å². The summed E-state index contributed by atoms with van der Waals surface area (Å²) in [5, 5.41) is 14.5. The van der Waals surface area contributed by atoms with Crippen molar-refractivity contribution in [3.8, 4) is 0 Å². The summed E-state index contributed by atoms with van der Waals surface area (Å²) >= 11 is 0. The zero-order valence-electron chi connectivity index (χ0n) is 13.0. The number of amides is 3. The standard InChI is InChI=1S/C16H23N3O3/c1-3-11(2)14-15(21)18-13-7-5-4-6-12(13)10-19(14)16(22)17-8-9-20/h4-7,11,14,20H,3,8-10H2,1-2H3,(H,17,22)(H,18,21). The molecular formula is C16H23N3O3. The Morgan fingerprint density at radius 3 is 2.91 bits per heavy atom. The molecule has 1 heterocycles. The van der Waals surface area contributed by atoms with Crippen LogP contribution >= 0.6 is 0 Å². The number of para-hydroxylation sites is 1. The lowest BCUT2D eigenvalue weighted by Gasteiger charge is -2.32. The third-order valence-electron chi connectivity index (χ3n) is 4.05. The van der Waals surface area contributed by atoms with Gasteiger partial charge in [-0.2, -0.15) is 0 Å². The molecule has 1 aliphatic heterocycles. The van der Waals surface area contributed by atoms with Crippen molar-refractivity contribution in [2.45, 2.75) is 32.9 Å². The SMILES string of the molecule is CCC(C)C1C(=O)Nc2ccccc2CN1C(=O)NCCO. The molecule has 3 amide bonds. The van der Waals surface area contributed by atoms with Crippen LogP contribution in [0.25, 0.3) is 0 Å². The number of urea groups is 1. The summed E-state index contributed by atoms with van der Waals surface area (Å²) in [5.41, 5.74) is 1.65. The molecule has 6 heteroatoms. The van der Waals surface area contributed by atoms with E-state index < -0.39 is 6.04 Å². The molecule has 0 fully saturated rings. The molecule has 120 valence electrons. The molecule has 0 saturated carbocycles. The van der Waals surface area contributed by atoms with Gasteiger partial charge in [0.1, 0.15) is 6.04 Å². The van der Waals surface area contributed by atoms with E-state index in [2.05, 4.69) is 10.6 Å². The van der Waals surface area contributed by atoms with Crippen molar-refractivity contribution in [1.82, 2.24) is 10.2 Å². The topological polar surface area (TPSA) is 81.7 Å². The summed E-state index contributed by atoms with van der Waals surface area (Å²) in [4.78, 5) is 26.6. The van der Waals surface area contributed by atoms with E-state index in [1.807, 2.05) is 38.1 Å². The number of carbonyl (C=O) groups excluding carboxylic acids is 2. The highest BCUT2D eigenvalue weighted by Gasteiger charge is 2.36. The van der Waals surface area contributed by atoms with Gasteiger partial charge in [-0.05, 0) is 17.5 Å². The number of rotatable bonds is 4. The highest BCUT2D eigenvalue weighted by atomic mass is 16.3. The number of hydrogen-bond acceptors (Lipinski definition) is 3. The van der Waals surface area contributed by atoms with Gasteiger partial charge in [-0.3, -0.25) is 4.79 Å². The second-order valence-corrected chi connectivity index (χ2v) is 5.56. The van der Waals surface area contributed by atoms with Crippen molar-refractivity contribution in [1.29, 1.82) is 0 Å². The van der Waals surface area contributed by atoms with Crippen molar-refractivity contribution in [2.24, 2.45) is 5.92 Å². The minimum Gasteiger partial charge on any atom is -0.395 e. The van der Waals surface area contributed by atoms with Crippen LogP contribution in [0, 0.1) is 5.92 Å². The van der Waals surface area contributed by atoms with Gasteiger partial charge in [-0.15, -0.1) is 0 Å². The van der Waals surface area contributed by atoms with E-state index >= 15 is 0 Å². The monoisotopic (exact) mass is 305 g/mol. The number of hydrogen-bond donors (Lipinski definition) is 3. The second kappa shape index (κ2) is 7.26. The second-order valence-electron chi connectivity index (χ2n) is 5.56. The van der Waals surface area contributed by atoms with Crippen LogP contribution in [0.2, 0.25) is 0 Å². The van der Waals surface area contributed by atoms with Gasteiger partial charge >= 0.3 is 6.03 Å². The van der Waals surface area contributed by atoms with E-state index in [4.69, 9.17) is 5.11 Å². The lowest BCUT2D eigenvalue weighted by molar-refractivity contribution is -0.121. The zero-order valence-corrected chi connectivity index (χ0v) is 13.0. The summed E-state index contributed by atoms with van der Waals surface area (Å²) in [5.74, 6) is -0.132. The summed E-state index contributed by atoms with van der Waals surface area (Å²) in [7, 11) is 0. The Morgan fingerprint density at radius 2 is 2.23 bits per heavy atom. The van der Waals surface area contributed by atoms with Crippen LogP contribution in [0.15, 0.2) is 24.3 Å². The van der Waals surface area contributed by atoms with E-state index in [1.54, 1.807) is 4.90 Å². The Morgan fingerprint density at radius 1 is 1.50 bits per heavy atom. The van der Waals surface area contributed by atoms with Crippen LogP contribution in [-0.4, -0.2) is 41.1 Å². The molecule has 2 rings (SSSR count). The van der Waals surface area contributed by atoms with Gasteiger partial charge in [-0.1, -0.05) is 38.5 Å². The van der Waals surface area contributed by atoms with Gasteiger partial charge < -0.3 is 20.6 Å². The summed E-state index contributed by atoms with van der Waals surface area (Å²) in [6, 6.07) is 6.64. The van der Waals surface area contributed by atoms with Crippen molar-refractivity contribution >= 4 is 17.6 Å². The molecule has 1 aromatic rings. The third-order valence-corrected chi connectivity index (χ3v) is 4.05. The molecule has 2 atom stereocenters. The van der Waals surface area contributed by atoms with Crippen LogP contribution in [0.3, 0.4) is 0 Å². The fraction of sp³-hybridized carbons (Fsp3) is 0.500. The number of fused-ring (bicyclic) bond motifs is 1. The Bertz CT molecular complexity index is 547. The van der Waals surface area contributed by atoms with Gasteiger partial charge in [0.25, 0.3) is 0 Å². The molecule has 1 aliphatic rings. The predicted octanol–water partition coefficient (Wildman–Crippen LogP) is 1.56. The molecule has 3 N–H and O–H groups in total. The van der Waals surface area contributed by atoms with Crippen LogP contribution in [0.5, 0.6) is 0 Å². The third kappa shape index (κ3) is 3.39. The summed E-state index contributed by atoms with van der Waals surface area (Å²) < 4.78 is 0. The molecule has 0 bridgehead atoms. The lowest BCUT2D eigenvalue weighted by atomic mass is 9.97. The van der Waals surface area contributed by atoms with E-state index in [9.17, 15) is 9.59 Å². The Kier molecular flexibility index (Phi) is 5.38. The van der Waals surface area contributed by atoms with E-state index in [-0.39, 0.29) is 31.0 Å². The Balaban J connectivity index is 2.34. The maximum atomic E-state index is 12.6. The first-order valence-corrected chi connectivity index (χ1v) is 7.62. The molecule has 6 nitrogen and oxygen atoms in total. The van der Waals surface area contributed by atoms with E-state index in [0.717, 1.165) is 17.7 Å². The maximum Gasteiger partial charge on any atom is 0.318 e. The lowest BCUT2D eigenvalue weighted by Crippen LogP contribution is -2.52. The smallest absolute Gasteiger partial charge is 0.318 e. The van der Waals surface area contributed by atoms with E-state index in [0.29, 0.717) is 6.54 Å². The minimum absolute atomic E-state index is 0.0363. The van der Waals surface area contributed by atoms with Gasteiger partial charge in [0.15, 0.2) is 0 Å². The van der Waals surface area contributed by atoms with Gasteiger partial charge in [-0.25, -0.2) is 4.79 Å². The number of aliphatic hydroxyl groups excluding tert-OH is 1. The molecule has 0 spiro atoms. The molecule has 0 aliphatic carbocycles. The van der Waals surface area contributed by atoms with Crippen LogP contribution in [0.1, 0.15) is 25.8 Å². The molecule has 0 aromatic heterocycles. The fourth-order valence-corrected chi connectivity index (χ4v) is 2.66. The maximum absolute atomic E-state index is 12.6. The first-order valence-electron chi connectivity index (χ1n) is 7.62. The number of nitrogens with one attached hydrogen (secondary N) is 2. The summed E-state index contributed by atoms with van der Waals surface area (Å²) in [6.45, 7) is 4.37. The molecule has 1 aromatic carbocycles. The average molecular weight is 305 g/mol. The molecule has 2 unspecified atom stereocenters. The van der Waals surface area contributed by atoms with Gasteiger partial charge in [0.05, 0.1) is 13.2 Å². The molecular weight excluding hydrogens is 282 g/mol. The van der Waals surface area contributed by atoms with Crippen LogP contribution in [-0.2, 0) is 11.3 Å². The largest absolute Gasteiger partial charge is 0.395 e. The number of anilines is 1. The number of benzene rings is 1. The fourth-order valence-electron chi connectivity index (χ4n) is 2.66. The van der Waals surface area contributed by atoms with Crippen molar-refractivity contribution < 1.29 is 14.7 Å². The predicted molar refractivity (Wildman–Crippen MR) is 84.3 cm³/mol. The normalized spacial score (nSPS) is 19.0. The first-order chi connectivity index (χ1) is 10.6. The minimum atomic E-state index is -0.531. The average Bonchev–Trinajstić information content (AvgIpc) is 2.67. The molecule has 22 heavy (non-hydrogen) atoms. The summed E-state index contributed by atoms with van der Waals surface area (Å²) in [6.07, 6.45) is 0.790. The van der Waals surface area contributed by atoms with Crippen molar-refractivity contribution in [2.75, 3.05) is 18.5 Å². The zero-order chi connectivity index (χ0) is 16.1. The van der Waals surface area contributed by atoms with E-state index in [1.165, 1.54) is 0 Å². The Labute approximate surface area is 130 Å². The highest BCUT2D eigenvalue weighted by Crippen LogP contribution is 2.27. The Hall–Kier alpha value is -2.08. The van der Waals surface area contributed by atoms with Crippen LogP contribution in [0.4, 0.5) is 10.5 Å². The first kappa shape index (κ1) is 16.3. The van der Waals surface area contributed by atoms with Gasteiger partial charge in [0.2, 0.25) is 5.91 Å². The number of carbonyl (C=O) groups is 2.